The van der Waals surface area contributed by atoms with E-state index in [1.54, 1.807) is 24.3 Å². The number of halogens is 2. The maximum atomic E-state index is 12.7. The van der Waals surface area contributed by atoms with Crippen molar-refractivity contribution in [3.63, 3.8) is 0 Å². The van der Waals surface area contributed by atoms with Gasteiger partial charge in [-0.2, -0.15) is 0 Å². The average Bonchev–Trinajstić information content (AvgIpc) is 2.95. The third-order valence-electron chi connectivity index (χ3n) is 4.93. The predicted octanol–water partition coefficient (Wildman–Crippen LogP) is 4.16. The fourth-order valence-electron chi connectivity index (χ4n) is 3.78. The predicted molar refractivity (Wildman–Crippen MR) is 113 cm³/mol. The summed E-state index contributed by atoms with van der Waals surface area (Å²) < 4.78 is 12.1. The third-order valence-corrected chi connectivity index (χ3v) is 6.88. The van der Waals surface area contributed by atoms with Crippen LogP contribution in [0.4, 0.5) is 0 Å². The number of esters is 1. The SMILES string of the molecule is O=C1OC2(C3=CC(I)C(=O)C(I)=C3Oc3cc(O)ccc32)c2ccccc21. The largest absolute Gasteiger partial charge is 0.508 e. The number of benzene rings is 2. The van der Waals surface area contributed by atoms with E-state index in [1.807, 2.05) is 34.7 Å². The first-order valence-corrected chi connectivity index (χ1v) is 10.4. The van der Waals surface area contributed by atoms with Gasteiger partial charge < -0.3 is 14.6 Å². The van der Waals surface area contributed by atoms with E-state index >= 15 is 0 Å². The van der Waals surface area contributed by atoms with Crippen LogP contribution >= 0.6 is 45.2 Å². The van der Waals surface area contributed by atoms with Crippen LogP contribution in [-0.4, -0.2) is 20.8 Å². The molecule has 5 nitrogen and oxygen atoms in total. The summed E-state index contributed by atoms with van der Waals surface area (Å²) in [6, 6.07) is 11.9. The van der Waals surface area contributed by atoms with Gasteiger partial charge in [-0.1, -0.05) is 46.9 Å². The van der Waals surface area contributed by atoms with Crippen LogP contribution in [0.2, 0.25) is 0 Å². The molecule has 27 heavy (non-hydrogen) atoms. The molecule has 2 aromatic carbocycles. The van der Waals surface area contributed by atoms with Gasteiger partial charge in [-0.15, -0.1) is 0 Å². The van der Waals surface area contributed by atoms with E-state index in [4.69, 9.17) is 9.47 Å². The normalized spacial score (nSPS) is 25.4. The van der Waals surface area contributed by atoms with E-state index in [-0.39, 0.29) is 15.5 Å². The number of ketones is 1. The molecule has 5 rings (SSSR count). The number of Topliss-reactive ketones (excluding diaryl/α,β-unsaturated/α-hetero) is 1. The Labute approximate surface area is 181 Å². The number of alkyl halides is 1. The second-order valence-corrected chi connectivity index (χ2v) is 8.81. The number of hydrogen-bond acceptors (Lipinski definition) is 5. The van der Waals surface area contributed by atoms with Crippen LogP contribution in [0.5, 0.6) is 11.5 Å². The minimum atomic E-state index is -1.20. The molecule has 0 aromatic heterocycles. The van der Waals surface area contributed by atoms with Gasteiger partial charge in [-0.05, 0) is 40.8 Å². The Bertz CT molecular complexity index is 1120. The Morgan fingerprint density at radius 1 is 1.07 bits per heavy atom. The molecule has 2 heterocycles. The molecule has 2 unspecified atom stereocenters. The highest BCUT2D eigenvalue weighted by molar-refractivity contribution is 14.1. The lowest BCUT2D eigenvalue weighted by atomic mass is 9.75. The second-order valence-electron chi connectivity index (χ2n) is 6.39. The molecule has 2 atom stereocenters. The maximum Gasteiger partial charge on any atom is 0.340 e. The lowest BCUT2D eigenvalue weighted by Crippen LogP contribution is -2.39. The van der Waals surface area contributed by atoms with E-state index in [9.17, 15) is 14.7 Å². The van der Waals surface area contributed by atoms with Gasteiger partial charge in [-0.3, -0.25) is 4.79 Å². The molecular weight excluding hydrogens is 574 g/mol. The quantitative estimate of drug-likeness (QED) is 0.287. The van der Waals surface area contributed by atoms with E-state index in [2.05, 4.69) is 22.6 Å². The van der Waals surface area contributed by atoms with Crippen molar-refractivity contribution < 1.29 is 24.2 Å². The van der Waals surface area contributed by atoms with Crippen molar-refractivity contribution in [2.45, 2.75) is 9.53 Å². The zero-order valence-corrected chi connectivity index (χ0v) is 17.8. The zero-order chi connectivity index (χ0) is 18.9. The van der Waals surface area contributed by atoms with Crippen molar-refractivity contribution in [2.75, 3.05) is 0 Å². The Morgan fingerprint density at radius 2 is 1.85 bits per heavy atom. The van der Waals surface area contributed by atoms with Crippen molar-refractivity contribution in [1.82, 2.24) is 0 Å². The highest BCUT2D eigenvalue weighted by atomic mass is 127. The van der Waals surface area contributed by atoms with E-state index < -0.39 is 11.6 Å². The number of fused-ring (bicyclic) bond motifs is 6. The van der Waals surface area contributed by atoms with Crippen LogP contribution in [0.15, 0.2) is 63.5 Å². The van der Waals surface area contributed by atoms with Gasteiger partial charge in [0, 0.05) is 22.8 Å². The van der Waals surface area contributed by atoms with Crippen LogP contribution in [0.3, 0.4) is 0 Å². The minimum absolute atomic E-state index is 0.0263. The maximum absolute atomic E-state index is 12.7. The monoisotopic (exact) mass is 584 g/mol. The highest BCUT2D eigenvalue weighted by Gasteiger charge is 2.56. The minimum Gasteiger partial charge on any atom is -0.508 e. The summed E-state index contributed by atoms with van der Waals surface area (Å²) in [4.78, 5) is 25.2. The molecular formula is C20H10I2O5. The summed E-state index contributed by atoms with van der Waals surface area (Å²) in [5.41, 5.74) is 1.25. The molecule has 1 N–H and O–H groups in total. The molecule has 0 saturated heterocycles. The van der Waals surface area contributed by atoms with Crippen molar-refractivity contribution in [2.24, 2.45) is 0 Å². The van der Waals surface area contributed by atoms with Crippen LogP contribution in [0.25, 0.3) is 0 Å². The molecule has 2 aliphatic heterocycles. The summed E-state index contributed by atoms with van der Waals surface area (Å²) >= 11 is 4.04. The molecule has 2 aromatic rings. The molecule has 0 saturated carbocycles. The third kappa shape index (κ3) is 2.21. The Hall–Kier alpha value is -1.88. The fourth-order valence-corrected chi connectivity index (χ4v) is 5.79. The second kappa shape index (κ2) is 5.81. The van der Waals surface area contributed by atoms with Crippen LogP contribution in [-0.2, 0) is 15.1 Å². The number of phenolic OH excluding ortho intramolecular Hbond substituents is 1. The standard InChI is InChI=1S/C20H10I2O5/c21-14-8-13-18(16(22)17(14)24)26-15-7-9(23)5-6-12(15)20(13)11-4-2-1-3-10(11)19(25)27-20/h1-8,14,23H. The van der Waals surface area contributed by atoms with Gasteiger partial charge in [0.05, 0.1) is 9.49 Å². The van der Waals surface area contributed by atoms with E-state index in [0.29, 0.717) is 37.4 Å². The van der Waals surface area contributed by atoms with Gasteiger partial charge in [0.2, 0.25) is 0 Å². The molecule has 0 fully saturated rings. The summed E-state index contributed by atoms with van der Waals surface area (Å²) in [5, 5.41) is 9.93. The lowest BCUT2D eigenvalue weighted by Gasteiger charge is -2.40. The Kier molecular flexibility index (Phi) is 3.71. The van der Waals surface area contributed by atoms with Crippen molar-refractivity contribution in [3.8, 4) is 11.5 Å². The molecule has 0 amide bonds. The first-order valence-electron chi connectivity index (χ1n) is 8.08. The number of phenols is 1. The molecule has 7 heteroatoms. The number of aromatic hydroxyl groups is 1. The van der Waals surface area contributed by atoms with Crippen LogP contribution < -0.4 is 4.74 Å². The van der Waals surface area contributed by atoms with Crippen LogP contribution in [0.1, 0.15) is 21.5 Å². The number of ether oxygens (including phenoxy) is 2. The van der Waals surface area contributed by atoms with E-state index in [1.165, 1.54) is 12.1 Å². The van der Waals surface area contributed by atoms with Crippen molar-refractivity contribution >= 4 is 56.9 Å². The van der Waals surface area contributed by atoms with Gasteiger partial charge >= 0.3 is 5.97 Å². The van der Waals surface area contributed by atoms with Gasteiger partial charge in [0.15, 0.2) is 17.1 Å². The number of rotatable bonds is 0. The van der Waals surface area contributed by atoms with Gasteiger partial charge in [0.1, 0.15) is 15.1 Å². The fraction of sp³-hybridized carbons (Fsp3) is 0.100. The Balaban J connectivity index is 1.91. The molecule has 1 aliphatic carbocycles. The van der Waals surface area contributed by atoms with Crippen LogP contribution in [0, 0.1) is 0 Å². The highest BCUT2D eigenvalue weighted by Crippen LogP contribution is 2.57. The molecule has 134 valence electrons. The van der Waals surface area contributed by atoms with Gasteiger partial charge in [0.25, 0.3) is 0 Å². The summed E-state index contributed by atoms with van der Waals surface area (Å²) in [5.74, 6) is 0.269. The topological polar surface area (TPSA) is 72.8 Å². The summed E-state index contributed by atoms with van der Waals surface area (Å²) in [6.07, 6.45) is 1.80. The molecule has 0 bridgehead atoms. The number of hydrogen-bond donors (Lipinski definition) is 1. The smallest absolute Gasteiger partial charge is 0.340 e. The number of carbonyl (C=O) groups excluding carboxylic acids is 2. The summed E-state index contributed by atoms with van der Waals surface area (Å²) in [6.45, 7) is 0. The summed E-state index contributed by atoms with van der Waals surface area (Å²) in [7, 11) is 0. The average molecular weight is 584 g/mol. The number of carbonyl (C=O) groups is 2. The molecule has 3 aliphatic rings. The van der Waals surface area contributed by atoms with Crippen molar-refractivity contribution in [3.05, 3.63) is 80.1 Å². The lowest BCUT2D eigenvalue weighted by molar-refractivity contribution is -0.113. The molecule has 1 spiro atoms. The Morgan fingerprint density at radius 3 is 2.67 bits per heavy atom. The molecule has 0 radical (unpaired) electrons. The first kappa shape index (κ1) is 17.2. The van der Waals surface area contributed by atoms with Gasteiger partial charge in [-0.25, -0.2) is 4.79 Å². The number of allylic oxidation sites excluding steroid dienone is 2. The van der Waals surface area contributed by atoms with E-state index in [0.717, 1.165) is 0 Å². The zero-order valence-electron chi connectivity index (χ0n) is 13.5. The first-order chi connectivity index (χ1) is 12.9. The van der Waals surface area contributed by atoms with Crippen molar-refractivity contribution in [1.29, 1.82) is 0 Å².